The van der Waals surface area contributed by atoms with Crippen LogP contribution in [0.2, 0.25) is 0 Å². The van der Waals surface area contributed by atoms with Crippen molar-refractivity contribution in [3.8, 4) is 11.5 Å². The Bertz CT molecular complexity index is 679. The van der Waals surface area contributed by atoms with E-state index in [1.54, 1.807) is 6.20 Å². The SMILES string of the molecule is CCCNC(=S)N(Cc1cccnc1)c1ccc2c(c1)OCO2. The number of nitrogens with one attached hydrogen (secondary N) is 1. The highest BCUT2D eigenvalue weighted by Gasteiger charge is 2.18. The molecule has 5 nitrogen and oxygen atoms in total. The summed E-state index contributed by atoms with van der Waals surface area (Å²) in [6.45, 7) is 3.86. The number of anilines is 1. The molecule has 2 heterocycles. The van der Waals surface area contributed by atoms with Crippen LogP contribution in [-0.4, -0.2) is 23.4 Å². The van der Waals surface area contributed by atoms with E-state index in [0.29, 0.717) is 11.7 Å². The Morgan fingerprint density at radius 2 is 2.17 bits per heavy atom. The molecule has 6 heteroatoms. The first-order valence-electron chi connectivity index (χ1n) is 7.62. The Balaban J connectivity index is 1.86. The largest absolute Gasteiger partial charge is 0.454 e. The lowest BCUT2D eigenvalue weighted by Gasteiger charge is -2.26. The molecule has 0 radical (unpaired) electrons. The number of aromatic nitrogens is 1. The quantitative estimate of drug-likeness (QED) is 0.851. The van der Waals surface area contributed by atoms with Gasteiger partial charge in [-0.3, -0.25) is 4.98 Å². The fourth-order valence-electron chi connectivity index (χ4n) is 2.34. The zero-order valence-corrected chi connectivity index (χ0v) is 13.8. The third-order valence-electron chi connectivity index (χ3n) is 3.50. The predicted molar refractivity (Wildman–Crippen MR) is 93.9 cm³/mol. The van der Waals surface area contributed by atoms with Crippen LogP contribution in [0, 0.1) is 0 Å². The standard InChI is InChI=1S/C17H19N3O2S/c1-2-7-19-17(23)20(11-13-4-3-8-18-10-13)14-5-6-15-16(9-14)22-12-21-15/h3-6,8-10H,2,7,11-12H2,1H3,(H,19,23). The molecule has 0 bridgehead atoms. The lowest BCUT2D eigenvalue weighted by atomic mass is 10.2. The van der Waals surface area contributed by atoms with E-state index in [4.69, 9.17) is 21.7 Å². The molecule has 0 saturated carbocycles. The number of thiocarbonyl (C=S) groups is 1. The van der Waals surface area contributed by atoms with Crippen molar-refractivity contribution < 1.29 is 9.47 Å². The van der Waals surface area contributed by atoms with Crippen LogP contribution in [0.3, 0.4) is 0 Å². The summed E-state index contributed by atoms with van der Waals surface area (Å²) in [6, 6.07) is 9.82. The lowest BCUT2D eigenvalue weighted by molar-refractivity contribution is 0.174. The molecule has 120 valence electrons. The molecule has 1 N–H and O–H groups in total. The highest BCUT2D eigenvalue weighted by atomic mass is 32.1. The fourth-order valence-corrected chi connectivity index (χ4v) is 2.61. The third-order valence-corrected chi connectivity index (χ3v) is 3.87. The molecule has 1 aliphatic heterocycles. The summed E-state index contributed by atoms with van der Waals surface area (Å²) in [5.74, 6) is 1.51. The van der Waals surface area contributed by atoms with Gasteiger partial charge in [0.05, 0.1) is 6.54 Å². The van der Waals surface area contributed by atoms with Gasteiger partial charge < -0.3 is 19.7 Å². The monoisotopic (exact) mass is 329 g/mol. The van der Waals surface area contributed by atoms with E-state index < -0.39 is 0 Å². The summed E-state index contributed by atoms with van der Waals surface area (Å²) in [6.07, 6.45) is 4.63. The van der Waals surface area contributed by atoms with Crippen LogP contribution in [0.15, 0.2) is 42.7 Å². The number of hydrogen-bond donors (Lipinski definition) is 1. The van der Waals surface area contributed by atoms with E-state index in [-0.39, 0.29) is 6.79 Å². The number of ether oxygens (including phenoxy) is 2. The zero-order valence-electron chi connectivity index (χ0n) is 13.0. The minimum absolute atomic E-state index is 0.264. The van der Waals surface area contributed by atoms with Crippen LogP contribution in [0.1, 0.15) is 18.9 Å². The molecule has 0 saturated heterocycles. The summed E-state index contributed by atoms with van der Waals surface area (Å²) in [4.78, 5) is 6.22. The van der Waals surface area contributed by atoms with E-state index in [1.807, 2.05) is 41.4 Å². The number of fused-ring (bicyclic) bond motifs is 1. The van der Waals surface area contributed by atoms with Gasteiger partial charge in [0.25, 0.3) is 0 Å². The van der Waals surface area contributed by atoms with Gasteiger partial charge in [-0.1, -0.05) is 13.0 Å². The molecule has 1 aliphatic rings. The molecule has 0 spiro atoms. The number of rotatable bonds is 5. The van der Waals surface area contributed by atoms with Gasteiger partial charge in [0, 0.05) is 30.7 Å². The summed E-state index contributed by atoms with van der Waals surface area (Å²) in [5.41, 5.74) is 2.05. The van der Waals surface area contributed by atoms with Crippen LogP contribution in [-0.2, 0) is 6.54 Å². The first-order valence-corrected chi connectivity index (χ1v) is 8.02. The molecule has 0 unspecified atom stereocenters. The third kappa shape index (κ3) is 3.71. The number of pyridine rings is 1. The first-order chi connectivity index (χ1) is 11.3. The Kier molecular flexibility index (Phi) is 4.92. The summed E-state index contributed by atoms with van der Waals surface area (Å²) in [5, 5.41) is 3.97. The van der Waals surface area contributed by atoms with Crippen molar-refractivity contribution in [2.24, 2.45) is 0 Å². The van der Waals surface area contributed by atoms with Crippen molar-refractivity contribution in [3.05, 3.63) is 48.3 Å². The Morgan fingerprint density at radius 3 is 2.96 bits per heavy atom. The molecule has 3 rings (SSSR count). The molecular weight excluding hydrogens is 310 g/mol. The molecule has 0 fully saturated rings. The maximum atomic E-state index is 5.57. The van der Waals surface area contributed by atoms with Crippen molar-refractivity contribution in [2.75, 3.05) is 18.2 Å². The van der Waals surface area contributed by atoms with Gasteiger partial charge in [0.1, 0.15) is 0 Å². The molecular formula is C17H19N3O2S. The van der Waals surface area contributed by atoms with Gasteiger partial charge in [-0.2, -0.15) is 0 Å². The van der Waals surface area contributed by atoms with Crippen LogP contribution < -0.4 is 19.7 Å². The number of hydrogen-bond acceptors (Lipinski definition) is 4. The normalized spacial score (nSPS) is 12.0. The van der Waals surface area contributed by atoms with Gasteiger partial charge in [0.15, 0.2) is 16.6 Å². The first kappa shape index (κ1) is 15.6. The van der Waals surface area contributed by atoms with E-state index in [1.165, 1.54) is 0 Å². The minimum atomic E-state index is 0.264. The van der Waals surface area contributed by atoms with Crippen LogP contribution >= 0.6 is 12.2 Å². The molecule has 23 heavy (non-hydrogen) atoms. The van der Waals surface area contributed by atoms with Crippen molar-refractivity contribution in [1.29, 1.82) is 0 Å². The molecule has 0 amide bonds. The number of nitrogens with zero attached hydrogens (tertiary/aromatic N) is 2. The van der Waals surface area contributed by atoms with Gasteiger partial charge in [-0.05, 0) is 42.4 Å². The molecule has 1 aromatic carbocycles. The lowest BCUT2D eigenvalue weighted by Crippen LogP contribution is -2.39. The van der Waals surface area contributed by atoms with Crippen molar-refractivity contribution in [1.82, 2.24) is 10.3 Å². The predicted octanol–water partition coefficient (Wildman–Crippen LogP) is 3.10. The summed E-state index contributed by atoms with van der Waals surface area (Å²) in [7, 11) is 0. The smallest absolute Gasteiger partial charge is 0.231 e. The Labute approximate surface area is 141 Å². The zero-order chi connectivity index (χ0) is 16.1. The molecule has 2 aromatic rings. The van der Waals surface area contributed by atoms with Gasteiger partial charge in [-0.25, -0.2) is 0 Å². The van der Waals surface area contributed by atoms with E-state index in [2.05, 4.69) is 17.2 Å². The van der Waals surface area contributed by atoms with Gasteiger partial charge in [0.2, 0.25) is 6.79 Å². The second kappa shape index (κ2) is 7.28. The molecule has 0 atom stereocenters. The van der Waals surface area contributed by atoms with Crippen LogP contribution in [0.4, 0.5) is 5.69 Å². The van der Waals surface area contributed by atoms with E-state index >= 15 is 0 Å². The summed E-state index contributed by atoms with van der Waals surface area (Å²) >= 11 is 5.57. The second-order valence-corrected chi connectivity index (χ2v) is 5.60. The average molecular weight is 329 g/mol. The molecule has 1 aromatic heterocycles. The highest BCUT2D eigenvalue weighted by molar-refractivity contribution is 7.80. The summed E-state index contributed by atoms with van der Waals surface area (Å²) < 4.78 is 10.9. The van der Waals surface area contributed by atoms with Crippen LogP contribution in [0.5, 0.6) is 11.5 Å². The van der Waals surface area contributed by atoms with Crippen molar-refractivity contribution >= 4 is 23.0 Å². The average Bonchev–Trinajstić information content (AvgIpc) is 3.06. The van der Waals surface area contributed by atoms with Crippen molar-refractivity contribution in [2.45, 2.75) is 19.9 Å². The van der Waals surface area contributed by atoms with Gasteiger partial charge >= 0.3 is 0 Å². The van der Waals surface area contributed by atoms with Crippen molar-refractivity contribution in [3.63, 3.8) is 0 Å². The maximum Gasteiger partial charge on any atom is 0.231 e. The topological polar surface area (TPSA) is 46.6 Å². The maximum absolute atomic E-state index is 5.57. The highest BCUT2D eigenvalue weighted by Crippen LogP contribution is 2.35. The van der Waals surface area contributed by atoms with E-state index in [9.17, 15) is 0 Å². The van der Waals surface area contributed by atoms with Gasteiger partial charge in [-0.15, -0.1) is 0 Å². The second-order valence-electron chi connectivity index (χ2n) is 5.22. The van der Waals surface area contributed by atoms with Crippen LogP contribution in [0.25, 0.3) is 0 Å². The Morgan fingerprint density at radius 1 is 1.30 bits per heavy atom. The molecule has 0 aliphatic carbocycles. The van der Waals surface area contributed by atoms with E-state index in [0.717, 1.165) is 35.7 Å². The Hall–Kier alpha value is -2.34. The number of benzene rings is 1. The fraction of sp³-hybridized carbons (Fsp3) is 0.294. The minimum Gasteiger partial charge on any atom is -0.454 e.